The van der Waals surface area contributed by atoms with Crippen LogP contribution in [0.25, 0.3) is 0 Å². The zero-order chi connectivity index (χ0) is 11.5. The van der Waals surface area contributed by atoms with E-state index < -0.39 is 0 Å². The third-order valence-electron chi connectivity index (χ3n) is 2.54. The van der Waals surface area contributed by atoms with Gasteiger partial charge in [0.2, 0.25) is 0 Å². The number of nitrogens with zero attached hydrogens (tertiary/aromatic N) is 2. The molecule has 1 atom stereocenters. The third-order valence-corrected chi connectivity index (χ3v) is 2.54. The largest absolute Gasteiger partial charge is 0.385 e. The molecule has 1 heterocycles. The van der Waals surface area contributed by atoms with Gasteiger partial charge in [-0.25, -0.2) is 4.98 Å². The first-order valence-electron chi connectivity index (χ1n) is 5.27. The molecule has 4 heteroatoms. The van der Waals surface area contributed by atoms with Crippen LogP contribution in [0, 0.1) is 0 Å². The van der Waals surface area contributed by atoms with Gasteiger partial charge in [0, 0.05) is 26.0 Å². The van der Waals surface area contributed by atoms with Crippen molar-refractivity contribution in [2.75, 3.05) is 13.7 Å². The summed E-state index contributed by atoms with van der Waals surface area (Å²) < 4.78 is 7.20. The number of aromatic nitrogens is 2. The van der Waals surface area contributed by atoms with Crippen LogP contribution in [0.3, 0.4) is 0 Å². The Bertz CT molecular complexity index is 301. The van der Waals surface area contributed by atoms with E-state index in [0.29, 0.717) is 6.04 Å². The summed E-state index contributed by atoms with van der Waals surface area (Å²) in [5, 5.41) is 0. The topological polar surface area (TPSA) is 53.1 Å². The van der Waals surface area contributed by atoms with Gasteiger partial charge in [-0.3, -0.25) is 0 Å². The number of ether oxygens (including phenoxy) is 1. The molecule has 1 unspecified atom stereocenters. The van der Waals surface area contributed by atoms with Crippen molar-refractivity contribution in [3.05, 3.63) is 18.2 Å². The summed E-state index contributed by atoms with van der Waals surface area (Å²) in [5.74, 6) is 0. The highest BCUT2D eigenvalue weighted by Gasteiger charge is 2.21. The Kier molecular flexibility index (Phi) is 3.88. The lowest BCUT2D eigenvalue weighted by Gasteiger charge is -2.24. The van der Waals surface area contributed by atoms with Crippen molar-refractivity contribution < 1.29 is 4.74 Å². The van der Waals surface area contributed by atoms with Crippen LogP contribution in [-0.2, 0) is 10.3 Å². The van der Waals surface area contributed by atoms with E-state index >= 15 is 0 Å². The van der Waals surface area contributed by atoms with E-state index in [0.717, 1.165) is 18.7 Å². The van der Waals surface area contributed by atoms with Crippen LogP contribution >= 0.6 is 0 Å². The lowest BCUT2D eigenvalue weighted by atomic mass is 10.0. The van der Waals surface area contributed by atoms with E-state index in [9.17, 15) is 0 Å². The van der Waals surface area contributed by atoms with Crippen LogP contribution in [-0.4, -0.2) is 23.3 Å². The Labute approximate surface area is 91.4 Å². The van der Waals surface area contributed by atoms with Gasteiger partial charge in [-0.05, 0) is 27.2 Å². The number of hydrogen-bond acceptors (Lipinski definition) is 3. The summed E-state index contributed by atoms with van der Waals surface area (Å²) in [4.78, 5) is 4.16. The van der Waals surface area contributed by atoms with Crippen LogP contribution in [0.4, 0.5) is 0 Å². The van der Waals surface area contributed by atoms with Gasteiger partial charge in [-0.15, -0.1) is 0 Å². The molecule has 1 rings (SSSR count). The molecule has 0 saturated heterocycles. The predicted octanol–water partition coefficient (Wildman–Crippen LogP) is 1.67. The summed E-state index contributed by atoms with van der Waals surface area (Å²) in [6.07, 6.45) is 4.64. The van der Waals surface area contributed by atoms with Crippen LogP contribution < -0.4 is 5.73 Å². The molecule has 0 fully saturated rings. The maximum atomic E-state index is 6.08. The standard InChI is InChI=1S/C11H21N3O/c1-9(5-6-15-4)14-8-13-7-10(14)11(2,3)12/h7-9H,5-6,12H2,1-4H3. The SMILES string of the molecule is COCCC(C)n1cncc1C(C)(C)N. The number of nitrogens with two attached hydrogens (primary N) is 1. The van der Waals surface area contributed by atoms with Crippen molar-refractivity contribution >= 4 is 0 Å². The number of rotatable bonds is 5. The molecule has 0 aliphatic carbocycles. The number of hydrogen-bond donors (Lipinski definition) is 1. The second-order valence-corrected chi connectivity index (χ2v) is 4.54. The van der Waals surface area contributed by atoms with E-state index in [1.54, 1.807) is 7.11 Å². The molecule has 0 aromatic carbocycles. The molecule has 0 amide bonds. The van der Waals surface area contributed by atoms with Crippen LogP contribution in [0.15, 0.2) is 12.5 Å². The minimum absolute atomic E-state index is 0.349. The molecule has 0 radical (unpaired) electrons. The summed E-state index contributed by atoms with van der Waals surface area (Å²) in [6.45, 7) is 6.88. The zero-order valence-electron chi connectivity index (χ0n) is 10.0. The Morgan fingerprint density at radius 3 is 2.80 bits per heavy atom. The van der Waals surface area contributed by atoms with Gasteiger partial charge in [0.05, 0.1) is 17.6 Å². The zero-order valence-corrected chi connectivity index (χ0v) is 10.0. The van der Waals surface area contributed by atoms with E-state index in [2.05, 4.69) is 16.5 Å². The second-order valence-electron chi connectivity index (χ2n) is 4.54. The second kappa shape index (κ2) is 4.77. The van der Waals surface area contributed by atoms with Crippen LogP contribution in [0.1, 0.15) is 38.9 Å². The fourth-order valence-corrected chi connectivity index (χ4v) is 1.58. The molecule has 1 aromatic rings. The molecule has 0 spiro atoms. The summed E-state index contributed by atoms with van der Waals surface area (Å²) in [7, 11) is 1.72. The Morgan fingerprint density at radius 2 is 2.27 bits per heavy atom. The Balaban J connectivity index is 2.81. The first-order valence-corrected chi connectivity index (χ1v) is 5.27. The van der Waals surface area contributed by atoms with Gasteiger partial charge < -0.3 is 15.0 Å². The monoisotopic (exact) mass is 211 g/mol. The first kappa shape index (κ1) is 12.2. The van der Waals surface area contributed by atoms with Crippen molar-refractivity contribution in [2.45, 2.75) is 38.8 Å². The summed E-state index contributed by atoms with van der Waals surface area (Å²) in [5.41, 5.74) is 6.79. The van der Waals surface area contributed by atoms with Gasteiger partial charge in [0.25, 0.3) is 0 Å². The number of imidazole rings is 1. The van der Waals surface area contributed by atoms with Crippen LogP contribution in [0.5, 0.6) is 0 Å². The normalized spacial score (nSPS) is 14.2. The van der Waals surface area contributed by atoms with Crippen LogP contribution in [0.2, 0.25) is 0 Å². The molecule has 0 aliphatic heterocycles. The van der Waals surface area contributed by atoms with Gasteiger partial charge in [0.1, 0.15) is 0 Å². The van der Waals surface area contributed by atoms with Crippen molar-refractivity contribution in [2.24, 2.45) is 5.73 Å². The quantitative estimate of drug-likeness (QED) is 0.806. The maximum absolute atomic E-state index is 6.08. The van der Waals surface area contributed by atoms with Crippen molar-refractivity contribution in [1.82, 2.24) is 9.55 Å². The van der Waals surface area contributed by atoms with Gasteiger partial charge in [-0.2, -0.15) is 0 Å². The minimum Gasteiger partial charge on any atom is -0.385 e. The molecule has 0 bridgehead atoms. The number of methoxy groups -OCH3 is 1. The minimum atomic E-state index is -0.349. The van der Waals surface area contributed by atoms with Crippen molar-refractivity contribution in [1.29, 1.82) is 0 Å². The van der Waals surface area contributed by atoms with Gasteiger partial charge in [-0.1, -0.05) is 0 Å². The summed E-state index contributed by atoms with van der Waals surface area (Å²) in [6, 6.07) is 0.366. The fraction of sp³-hybridized carbons (Fsp3) is 0.727. The molecule has 86 valence electrons. The fourth-order valence-electron chi connectivity index (χ4n) is 1.58. The third kappa shape index (κ3) is 3.04. The molecule has 0 saturated carbocycles. The highest BCUT2D eigenvalue weighted by molar-refractivity contribution is 5.10. The molecular formula is C11H21N3O. The molecule has 1 aromatic heterocycles. The molecule has 15 heavy (non-hydrogen) atoms. The van der Waals surface area contributed by atoms with Crippen molar-refractivity contribution in [3.8, 4) is 0 Å². The Hall–Kier alpha value is -0.870. The molecule has 2 N–H and O–H groups in total. The molecule has 0 aliphatic rings. The lowest BCUT2D eigenvalue weighted by Crippen LogP contribution is -2.32. The van der Waals surface area contributed by atoms with E-state index in [1.807, 2.05) is 26.4 Å². The van der Waals surface area contributed by atoms with Gasteiger partial charge in [0.15, 0.2) is 0 Å². The average molecular weight is 211 g/mol. The van der Waals surface area contributed by atoms with Crippen molar-refractivity contribution in [3.63, 3.8) is 0 Å². The lowest BCUT2D eigenvalue weighted by molar-refractivity contribution is 0.180. The Morgan fingerprint density at radius 1 is 1.60 bits per heavy atom. The average Bonchev–Trinajstić information content (AvgIpc) is 2.61. The van der Waals surface area contributed by atoms with E-state index in [4.69, 9.17) is 10.5 Å². The van der Waals surface area contributed by atoms with E-state index in [-0.39, 0.29) is 5.54 Å². The highest BCUT2D eigenvalue weighted by Crippen LogP contribution is 2.21. The predicted molar refractivity (Wildman–Crippen MR) is 60.6 cm³/mol. The van der Waals surface area contributed by atoms with Gasteiger partial charge >= 0.3 is 0 Å². The highest BCUT2D eigenvalue weighted by atomic mass is 16.5. The molecular weight excluding hydrogens is 190 g/mol. The molecule has 4 nitrogen and oxygen atoms in total. The maximum Gasteiger partial charge on any atom is 0.0951 e. The first-order chi connectivity index (χ1) is 6.96. The smallest absolute Gasteiger partial charge is 0.0951 e. The summed E-state index contributed by atoms with van der Waals surface area (Å²) >= 11 is 0. The van der Waals surface area contributed by atoms with E-state index in [1.165, 1.54) is 0 Å².